The number of hydrogen-bond acceptors (Lipinski definition) is 4. The van der Waals surface area contributed by atoms with E-state index in [1.165, 1.54) is 13.6 Å². The number of rotatable bonds is 3. The first-order valence-electron chi connectivity index (χ1n) is 7.96. The van der Waals surface area contributed by atoms with E-state index in [1.807, 2.05) is 17.0 Å². The summed E-state index contributed by atoms with van der Waals surface area (Å²) in [6, 6.07) is 9.68. The molecule has 1 aromatic heterocycles. The molecular weight excluding hydrogens is 392 g/mol. The van der Waals surface area contributed by atoms with E-state index in [-0.39, 0.29) is 12.7 Å². The minimum Gasteiger partial charge on any atom is -0.454 e. The molecule has 0 radical (unpaired) electrons. The third kappa shape index (κ3) is 3.29. The molecule has 7 heteroatoms. The van der Waals surface area contributed by atoms with Crippen molar-refractivity contribution >= 4 is 33.2 Å². The van der Waals surface area contributed by atoms with Crippen LogP contribution in [0.1, 0.15) is 15.2 Å². The van der Waals surface area contributed by atoms with Crippen LogP contribution >= 0.6 is 27.3 Å². The first kappa shape index (κ1) is 15.9. The highest BCUT2D eigenvalue weighted by Gasteiger charge is 2.26. The summed E-state index contributed by atoms with van der Waals surface area (Å²) in [6.45, 7) is 4.79. The Balaban J connectivity index is 1.36. The maximum atomic E-state index is 12.7. The van der Waals surface area contributed by atoms with Crippen molar-refractivity contribution in [1.29, 1.82) is 0 Å². The summed E-state index contributed by atoms with van der Waals surface area (Å²) >= 11 is 5.30. The molecule has 1 fully saturated rings. The van der Waals surface area contributed by atoms with Gasteiger partial charge >= 0.3 is 0 Å². The van der Waals surface area contributed by atoms with Gasteiger partial charge in [-0.25, -0.2) is 0 Å². The van der Waals surface area contributed by atoms with Gasteiger partial charge in [0.1, 0.15) is 6.54 Å². The highest BCUT2D eigenvalue weighted by Crippen LogP contribution is 2.32. The van der Waals surface area contributed by atoms with Crippen LogP contribution in [0.2, 0.25) is 0 Å². The number of nitrogens with one attached hydrogen (secondary N) is 1. The van der Waals surface area contributed by atoms with Crippen molar-refractivity contribution in [2.45, 2.75) is 6.54 Å². The Kier molecular flexibility index (Phi) is 4.47. The van der Waals surface area contributed by atoms with Crippen LogP contribution in [0, 0.1) is 0 Å². The number of fused-ring (bicyclic) bond motifs is 1. The third-order valence-electron chi connectivity index (χ3n) is 4.43. The van der Waals surface area contributed by atoms with E-state index >= 15 is 0 Å². The van der Waals surface area contributed by atoms with Crippen LogP contribution in [0.5, 0.6) is 11.5 Å². The smallest absolute Gasteiger partial charge is 0.254 e. The SMILES string of the molecule is O=C(c1ccc2c(c1)OCO2)N1CC[NH+](Cc2ccc(Br)s2)CC1. The number of ether oxygens (including phenoxy) is 2. The zero-order valence-corrected chi connectivity index (χ0v) is 15.5. The molecule has 4 rings (SSSR count). The van der Waals surface area contributed by atoms with Crippen molar-refractivity contribution in [1.82, 2.24) is 4.90 Å². The normalized spacial score (nSPS) is 17.3. The molecule has 126 valence electrons. The molecule has 1 amide bonds. The van der Waals surface area contributed by atoms with Crippen LogP contribution in [0.4, 0.5) is 0 Å². The molecule has 3 heterocycles. The third-order valence-corrected chi connectivity index (χ3v) is 6.05. The lowest BCUT2D eigenvalue weighted by Crippen LogP contribution is -3.13. The second kappa shape index (κ2) is 6.74. The fraction of sp³-hybridized carbons (Fsp3) is 0.353. The quantitative estimate of drug-likeness (QED) is 0.839. The molecule has 2 aliphatic heterocycles. The largest absolute Gasteiger partial charge is 0.454 e. The topological polar surface area (TPSA) is 43.2 Å². The van der Waals surface area contributed by atoms with Crippen LogP contribution in [-0.4, -0.2) is 43.8 Å². The van der Waals surface area contributed by atoms with Crippen LogP contribution in [0.15, 0.2) is 34.1 Å². The Bertz CT molecular complexity index is 756. The number of benzene rings is 1. The molecule has 2 aromatic rings. The van der Waals surface area contributed by atoms with Gasteiger partial charge in [-0.3, -0.25) is 4.79 Å². The molecule has 1 N–H and O–H groups in total. The molecule has 5 nitrogen and oxygen atoms in total. The van der Waals surface area contributed by atoms with Gasteiger partial charge in [0.25, 0.3) is 5.91 Å². The van der Waals surface area contributed by atoms with E-state index in [0.717, 1.165) is 32.7 Å². The lowest BCUT2D eigenvalue weighted by Gasteiger charge is -2.32. The summed E-state index contributed by atoms with van der Waals surface area (Å²) in [6.07, 6.45) is 0. The second-order valence-electron chi connectivity index (χ2n) is 5.99. The van der Waals surface area contributed by atoms with Gasteiger partial charge in [0.15, 0.2) is 11.5 Å². The predicted molar refractivity (Wildman–Crippen MR) is 94.9 cm³/mol. The van der Waals surface area contributed by atoms with Crippen molar-refractivity contribution in [2.75, 3.05) is 33.0 Å². The van der Waals surface area contributed by atoms with Gasteiger partial charge in [0.2, 0.25) is 6.79 Å². The Morgan fingerprint density at radius 3 is 2.71 bits per heavy atom. The van der Waals surface area contributed by atoms with E-state index in [9.17, 15) is 4.79 Å². The predicted octanol–water partition coefficient (Wildman–Crippen LogP) is 1.78. The van der Waals surface area contributed by atoms with E-state index in [4.69, 9.17) is 9.47 Å². The van der Waals surface area contributed by atoms with Gasteiger partial charge in [-0.15, -0.1) is 11.3 Å². The minimum absolute atomic E-state index is 0.0752. The molecule has 0 atom stereocenters. The van der Waals surface area contributed by atoms with E-state index in [2.05, 4.69) is 28.1 Å². The van der Waals surface area contributed by atoms with Crippen LogP contribution in [0.3, 0.4) is 0 Å². The molecule has 1 aromatic carbocycles. The molecule has 0 unspecified atom stereocenters. The van der Waals surface area contributed by atoms with Crippen molar-refractivity contribution in [3.8, 4) is 11.5 Å². The number of quaternary nitrogens is 1. The zero-order chi connectivity index (χ0) is 16.5. The standard InChI is InChI=1S/C17H17BrN2O3S/c18-16-4-2-13(24-16)10-19-5-7-20(8-6-19)17(21)12-1-3-14-15(9-12)23-11-22-14/h1-4,9H,5-8,10-11H2/p+1. The second-order valence-corrected chi connectivity index (χ2v) is 8.54. The molecule has 0 spiro atoms. The number of hydrogen-bond donors (Lipinski definition) is 1. The summed E-state index contributed by atoms with van der Waals surface area (Å²) < 4.78 is 11.8. The summed E-state index contributed by atoms with van der Waals surface area (Å²) in [5, 5.41) is 0. The molecule has 0 bridgehead atoms. The monoisotopic (exact) mass is 409 g/mol. The van der Waals surface area contributed by atoms with Crippen LogP contribution in [-0.2, 0) is 6.54 Å². The van der Waals surface area contributed by atoms with Gasteiger partial charge in [-0.2, -0.15) is 0 Å². The van der Waals surface area contributed by atoms with Gasteiger partial charge in [-0.1, -0.05) is 0 Å². The van der Waals surface area contributed by atoms with Crippen LogP contribution in [0.25, 0.3) is 0 Å². The van der Waals surface area contributed by atoms with Gasteiger partial charge < -0.3 is 19.3 Å². The molecule has 2 aliphatic rings. The first-order valence-corrected chi connectivity index (χ1v) is 9.57. The fourth-order valence-electron chi connectivity index (χ4n) is 3.11. The summed E-state index contributed by atoms with van der Waals surface area (Å²) in [4.78, 5) is 17.5. The average Bonchev–Trinajstić information content (AvgIpc) is 3.23. The number of amides is 1. The van der Waals surface area contributed by atoms with Gasteiger partial charge in [0.05, 0.1) is 34.8 Å². The summed E-state index contributed by atoms with van der Waals surface area (Å²) in [7, 11) is 0. The molecule has 24 heavy (non-hydrogen) atoms. The number of thiophene rings is 1. The molecule has 0 aliphatic carbocycles. The summed E-state index contributed by atoms with van der Waals surface area (Å²) in [5.41, 5.74) is 0.671. The molecule has 0 saturated carbocycles. The molecule has 1 saturated heterocycles. The Morgan fingerprint density at radius 1 is 1.17 bits per heavy atom. The highest BCUT2D eigenvalue weighted by atomic mass is 79.9. The number of carbonyl (C=O) groups excluding carboxylic acids is 1. The van der Waals surface area contributed by atoms with Crippen molar-refractivity contribution < 1.29 is 19.2 Å². The fourth-order valence-corrected chi connectivity index (χ4v) is 4.66. The van der Waals surface area contributed by atoms with Gasteiger partial charge in [-0.05, 0) is 46.3 Å². The van der Waals surface area contributed by atoms with Crippen LogP contribution < -0.4 is 14.4 Å². The van der Waals surface area contributed by atoms with Crippen molar-refractivity contribution in [3.63, 3.8) is 0 Å². The van der Waals surface area contributed by atoms with Gasteiger partial charge in [0, 0.05) is 5.56 Å². The Morgan fingerprint density at radius 2 is 1.96 bits per heavy atom. The number of nitrogens with zero attached hydrogens (tertiary/aromatic N) is 1. The lowest BCUT2D eigenvalue weighted by atomic mass is 10.1. The van der Waals surface area contributed by atoms with E-state index in [1.54, 1.807) is 17.4 Å². The Labute approximate surface area is 152 Å². The maximum absolute atomic E-state index is 12.7. The number of halogens is 1. The minimum atomic E-state index is 0.0752. The lowest BCUT2D eigenvalue weighted by molar-refractivity contribution is -0.917. The molecular formula is C17H18BrN2O3S+. The summed E-state index contributed by atoms with van der Waals surface area (Å²) in [5.74, 6) is 1.45. The number of carbonyl (C=O) groups is 1. The first-order chi connectivity index (χ1) is 11.7. The van der Waals surface area contributed by atoms with Crippen molar-refractivity contribution in [3.05, 3.63) is 44.6 Å². The van der Waals surface area contributed by atoms with E-state index in [0.29, 0.717) is 17.1 Å². The zero-order valence-electron chi connectivity index (χ0n) is 13.1. The maximum Gasteiger partial charge on any atom is 0.254 e. The average molecular weight is 410 g/mol. The Hall–Kier alpha value is -1.57. The highest BCUT2D eigenvalue weighted by molar-refractivity contribution is 9.11. The number of piperazine rings is 1. The van der Waals surface area contributed by atoms with E-state index < -0.39 is 0 Å². The van der Waals surface area contributed by atoms with Crippen molar-refractivity contribution in [2.24, 2.45) is 0 Å².